The lowest BCUT2D eigenvalue weighted by Gasteiger charge is -2.41. The van der Waals surface area contributed by atoms with Crippen LogP contribution in [0.5, 0.6) is 11.6 Å². The highest BCUT2D eigenvalue weighted by Gasteiger charge is 2.37. The van der Waals surface area contributed by atoms with E-state index in [1.165, 1.54) is 28.6 Å². The summed E-state index contributed by atoms with van der Waals surface area (Å²) in [4.78, 5) is 25.6. The number of aromatic nitrogens is 3. The Balaban J connectivity index is 1.24. The molecule has 14 heteroatoms. The molecule has 1 saturated heterocycles. The number of amides is 1. The third-order valence-electron chi connectivity index (χ3n) is 4.41. The third kappa shape index (κ3) is 5.45. The van der Waals surface area contributed by atoms with E-state index in [4.69, 9.17) is 9.15 Å². The molecule has 0 aromatic carbocycles. The van der Waals surface area contributed by atoms with Gasteiger partial charge in [0.15, 0.2) is 17.4 Å². The second-order valence-electron chi connectivity index (χ2n) is 6.69. The van der Waals surface area contributed by atoms with Crippen LogP contribution < -0.4 is 14.8 Å². The summed E-state index contributed by atoms with van der Waals surface area (Å²) in [5.74, 6) is -0.847. The zero-order valence-electron chi connectivity index (χ0n) is 16.2. The number of oxazole rings is 1. The Morgan fingerprint density at radius 2 is 2.19 bits per heavy atom. The highest BCUT2D eigenvalue weighted by Crippen LogP contribution is 2.25. The molecule has 0 bridgehead atoms. The average Bonchev–Trinajstić information content (AvgIpc) is 3.37. The normalized spacial score (nSPS) is 15.2. The first kappa shape index (κ1) is 21.8. The molecule has 4 heterocycles. The SMILES string of the molecule is O=C(c1coc(COc2ccc(OC(F)(F)F)nc2)n1)N1CC(C(O)Nc2nccs2)C1. The van der Waals surface area contributed by atoms with Crippen molar-refractivity contribution in [1.29, 1.82) is 0 Å². The van der Waals surface area contributed by atoms with Crippen LogP contribution >= 0.6 is 11.3 Å². The van der Waals surface area contributed by atoms with Gasteiger partial charge in [-0.1, -0.05) is 0 Å². The van der Waals surface area contributed by atoms with Gasteiger partial charge in [0.1, 0.15) is 18.2 Å². The van der Waals surface area contributed by atoms with Gasteiger partial charge in [-0.15, -0.1) is 24.5 Å². The number of hydrogen-bond acceptors (Lipinski definition) is 10. The number of halogens is 3. The minimum absolute atomic E-state index is 0.0801. The van der Waals surface area contributed by atoms with Crippen molar-refractivity contribution in [1.82, 2.24) is 19.9 Å². The van der Waals surface area contributed by atoms with E-state index in [1.54, 1.807) is 11.6 Å². The highest BCUT2D eigenvalue weighted by molar-refractivity contribution is 7.13. The summed E-state index contributed by atoms with van der Waals surface area (Å²) in [6.07, 6.45) is -1.79. The molecule has 0 radical (unpaired) electrons. The number of nitrogens with zero attached hydrogens (tertiary/aromatic N) is 4. The van der Waals surface area contributed by atoms with Crippen LogP contribution in [0.1, 0.15) is 16.4 Å². The van der Waals surface area contributed by atoms with Gasteiger partial charge in [0.25, 0.3) is 5.91 Å². The van der Waals surface area contributed by atoms with Gasteiger partial charge in [0.2, 0.25) is 11.8 Å². The van der Waals surface area contributed by atoms with Gasteiger partial charge in [-0.25, -0.2) is 15.0 Å². The Morgan fingerprint density at radius 1 is 1.38 bits per heavy atom. The van der Waals surface area contributed by atoms with E-state index in [2.05, 4.69) is 25.0 Å². The van der Waals surface area contributed by atoms with Crippen molar-refractivity contribution in [2.45, 2.75) is 19.2 Å². The third-order valence-corrected chi connectivity index (χ3v) is 5.11. The number of carbonyl (C=O) groups is 1. The molecule has 1 atom stereocenters. The van der Waals surface area contributed by atoms with E-state index in [1.807, 2.05) is 0 Å². The summed E-state index contributed by atoms with van der Waals surface area (Å²) in [6, 6.07) is 2.25. The van der Waals surface area contributed by atoms with E-state index in [0.717, 1.165) is 12.3 Å². The summed E-state index contributed by atoms with van der Waals surface area (Å²) >= 11 is 1.36. The number of ether oxygens (including phenoxy) is 2. The number of carbonyl (C=O) groups excluding carboxylic acids is 1. The number of rotatable bonds is 8. The molecule has 1 fully saturated rings. The fraction of sp³-hybridized carbons (Fsp3) is 0.333. The predicted molar refractivity (Wildman–Crippen MR) is 103 cm³/mol. The van der Waals surface area contributed by atoms with Gasteiger partial charge in [-0.3, -0.25) is 4.79 Å². The Morgan fingerprint density at radius 3 is 2.84 bits per heavy atom. The summed E-state index contributed by atoms with van der Waals surface area (Å²) in [5, 5.41) is 15.4. The lowest BCUT2D eigenvalue weighted by Crippen LogP contribution is -2.56. The van der Waals surface area contributed by atoms with Crippen molar-refractivity contribution in [3.8, 4) is 11.6 Å². The quantitative estimate of drug-likeness (QED) is 0.477. The molecule has 32 heavy (non-hydrogen) atoms. The Bertz CT molecular complexity index is 1040. The maximum absolute atomic E-state index is 12.5. The molecule has 3 aromatic rings. The maximum atomic E-state index is 12.5. The number of hydrogen-bond donors (Lipinski definition) is 2. The van der Waals surface area contributed by atoms with Crippen LogP contribution in [0.2, 0.25) is 0 Å². The summed E-state index contributed by atoms with van der Waals surface area (Å²) in [5.41, 5.74) is 0.0801. The second-order valence-corrected chi connectivity index (χ2v) is 7.59. The molecular weight excluding hydrogens is 455 g/mol. The summed E-state index contributed by atoms with van der Waals surface area (Å²) < 4.78 is 50.7. The van der Waals surface area contributed by atoms with Crippen LogP contribution in [-0.4, -0.2) is 56.5 Å². The fourth-order valence-corrected chi connectivity index (χ4v) is 3.39. The standard InChI is InChI=1S/C18H16F3N5O5S/c19-18(20,21)31-13-2-1-11(5-23-13)29-9-14-24-12(8-30-14)16(28)26-6-10(7-26)15(27)25-17-22-3-4-32-17/h1-5,8,10,15,27H,6-7,9H2,(H,22,25). The number of anilines is 1. The molecule has 0 aliphatic carbocycles. The van der Waals surface area contributed by atoms with Crippen molar-refractivity contribution in [2.75, 3.05) is 18.4 Å². The van der Waals surface area contributed by atoms with Gasteiger partial charge in [0.05, 0.1) is 6.20 Å². The minimum atomic E-state index is -4.83. The molecule has 1 aliphatic rings. The molecule has 1 aliphatic heterocycles. The lowest BCUT2D eigenvalue weighted by atomic mass is 9.98. The Hall–Kier alpha value is -3.39. The van der Waals surface area contributed by atoms with Crippen LogP contribution in [0, 0.1) is 5.92 Å². The smallest absolute Gasteiger partial charge is 0.482 e. The topological polar surface area (TPSA) is 123 Å². The molecule has 0 saturated carbocycles. The van der Waals surface area contributed by atoms with Gasteiger partial charge in [-0.2, -0.15) is 0 Å². The van der Waals surface area contributed by atoms with Crippen LogP contribution in [0.25, 0.3) is 0 Å². The zero-order chi connectivity index (χ0) is 22.7. The summed E-state index contributed by atoms with van der Waals surface area (Å²) in [6.45, 7) is 0.525. The largest absolute Gasteiger partial charge is 0.574 e. The highest BCUT2D eigenvalue weighted by atomic mass is 32.1. The van der Waals surface area contributed by atoms with E-state index in [9.17, 15) is 23.1 Å². The zero-order valence-corrected chi connectivity index (χ0v) is 17.0. The molecule has 170 valence electrons. The monoisotopic (exact) mass is 471 g/mol. The Kier molecular flexibility index (Phi) is 6.14. The molecule has 2 N–H and O–H groups in total. The number of aliphatic hydroxyl groups is 1. The van der Waals surface area contributed by atoms with E-state index in [-0.39, 0.29) is 35.8 Å². The van der Waals surface area contributed by atoms with Gasteiger partial charge >= 0.3 is 6.36 Å². The molecule has 3 aromatic heterocycles. The van der Waals surface area contributed by atoms with Gasteiger partial charge < -0.3 is 29.2 Å². The van der Waals surface area contributed by atoms with Crippen molar-refractivity contribution >= 4 is 22.4 Å². The van der Waals surface area contributed by atoms with E-state index < -0.39 is 18.5 Å². The summed E-state index contributed by atoms with van der Waals surface area (Å²) in [7, 11) is 0. The second kappa shape index (κ2) is 9.00. The van der Waals surface area contributed by atoms with Crippen LogP contribution in [-0.2, 0) is 6.61 Å². The molecule has 1 amide bonds. The average molecular weight is 471 g/mol. The maximum Gasteiger partial charge on any atom is 0.574 e. The first-order valence-corrected chi connectivity index (χ1v) is 10.1. The first-order valence-electron chi connectivity index (χ1n) is 9.19. The van der Waals surface area contributed by atoms with Crippen LogP contribution in [0.4, 0.5) is 18.3 Å². The Labute approximate surface area is 182 Å². The van der Waals surface area contributed by atoms with E-state index in [0.29, 0.717) is 18.2 Å². The predicted octanol–water partition coefficient (Wildman–Crippen LogP) is 2.51. The molecule has 1 unspecified atom stereocenters. The number of likely N-dealkylation sites (tertiary alicyclic amines) is 1. The molecule has 10 nitrogen and oxygen atoms in total. The van der Waals surface area contributed by atoms with Crippen LogP contribution in [0.3, 0.4) is 0 Å². The molecule has 0 spiro atoms. The van der Waals surface area contributed by atoms with Crippen molar-refractivity contribution in [2.24, 2.45) is 5.92 Å². The van der Waals surface area contributed by atoms with Gasteiger partial charge in [-0.05, 0) is 6.07 Å². The van der Waals surface area contributed by atoms with E-state index >= 15 is 0 Å². The lowest BCUT2D eigenvalue weighted by molar-refractivity contribution is -0.276. The minimum Gasteiger partial charge on any atom is -0.482 e. The van der Waals surface area contributed by atoms with Crippen molar-refractivity contribution < 1.29 is 37.0 Å². The fourth-order valence-electron chi connectivity index (χ4n) is 2.83. The first-order chi connectivity index (χ1) is 15.3. The van der Waals surface area contributed by atoms with Crippen LogP contribution in [0.15, 0.2) is 40.6 Å². The van der Waals surface area contributed by atoms with Gasteiger partial charge in [0, 0.05) is 36.7 Å². The van der Waals surface area contributed by atoms with Crippen molar-refractivity contribution in [3.63, 3.8) is 0 Å². The number of thiazole rings is 1. The van der Waals surface area contributed by atoms with Crippen molar-refractivity contribution in [3.05, 3.63) is 47.8 Å². The number of nitrogens with one attached hydrogen (secondary N) is 1. The number of aliphatic hydroxyl groups excluding tert-OH is 1. The number of alkyl halides is 3. The molecule has 4 rings (SSSR count). The number of pyridine rings is 1. The molecular formula is C18H16F3N5O5S.